The summed E-state index contributed by atoms with van der Waals surface area (Å²) in [6, 6.07) is 4.00. The van der Waals surface area contributed by atoms with Crippen LogP contribution in [-0.4, -0.2) is 31.0 Å². The van der Waals surface area contributed by atoms with Crippen LogP contribution in [0.1, 0.15) is 38.4 Å². The van der Waals surface area contributed by atoms with E-state index in [1.54, 1.807) is 0 Å². The lowest BCUT2D eigenvalue weighted by Crippen LogP contribution is -2.29. The van der Waals surface area contributed by atoms with E-state index in [4.69, 9.17) is 16.7 Å². The smallest absolute Gasteiger partial charge is 0.224 e. The Hall–Kier alpha value is -1.75. The number of hydrogen-bond acceptors (Lipinski definition) is 2. The third-order valence-electron chi connectivity index (χ3n) is 3.87. The number of carbonyl (C=O) groups is 1. The number of halogens is 1. The molecule has 0 radical (unpaired) electrons. The summed E-state index contributed by atoms with van der Waals surface area (Å²) in [4.78, 5) is 13.9. The molecule has 1 aliphatic rings. The van der Waals surface area contributed by atoms with E-state index in [-0.39, 0.29) is 11.4 Å². The third-order valence-corrected chi connectivity index (χ3v) is 4.06. The van der Waals surface area contributed by atoms with Gasteiger partial charge in [-0.2, -0.15) is 5.10 Å². The van der Waals surface area contributed by atoms with Gasteiger partial charge in [0.25, 0.3) is 0 Å². The average molecular weight is 321 g/mol. The molecule has 0 atom stereocenters. The maximum absolute atomic E-state index is 12.1. The average Bonchev–Trinajstić information content (AvgIpc) is 3.12. The molecular formula is C16H21ClN4O. The quantitative estimate of drug-likeness (QED) is 0.816. The van der Waals surface area contributed by atoms with Crippen LogP contribution in [0.3, 0.4) is 0 Å². The minimum atomic E-state index is -0.116. The van der Waals surface area contributed by atoms with Crippen LogP contribution in [-0.2, 0) is 23.4 Å². The molecule has 0 aliphatic carbocycles. The van der Waals surface area contributed by atoms with Crippen molar-refractivity contribution in [1.82, 2.24) is 19.2 Å². The van der Waals surface area contributed by atoms with E-state index < -0.39 is 0 Å². The summed E-state index contributed by atoms with van der Waals surface area (Å²) >= 11 is 5.69. The van der Waals surface area contributed by atoms with Gasteiger partial charge in [0.15, 0.2) is 0 Å². The van der Waals surface area contributed by atoms with E-state index in [2.05, 4.69) is 30.0 Å². The highest BCUT2D eigenvalue weighted by Gasteiger charge is 2.33. The number of amides is 1. The highest BCUT2D eigenvalue weighted by Crippen LogP contribution is 2.32. The van der Waals surface area contributed by atoms with E-state index in [1.165, 1.54) is 0 Å². The molecule has 0 aromatic carbocycles. The van der Waals surface area contributed by atoms with Gasteiger partial charge in [0.05, 0.1) is 24.3 Å². The van der Waals surface area contributed by atoms with Crippen molar-refractivity contribution in [3.8, 4) is 5.82 Å². The molecule has 2 aromatic rings. The summed E-state index contributed by atoms with van der Waals surface area (Å²) in [5.74, 6) is 1.50. The second-order valence-corrected chi connectivity index (χ2v) is 6.99. The minimum absolute atomic E-state index is 0.0914. The van der Waals surface area contributed by atoms with Crippen LogP contribution in [0.5, 0.6) is 0 Å². The van der Waals surface area contributed by atoms with Crippen molar-refractivity contribution in [2.24, 2.45) is 0 Å². The van der Waals surface area contributed by atoms with Crippen molar-refractivity contribution in [1.29, 1.82) is 0 Å². The molecule has 0 spiro atoms. The second-order valence-electron chi connectivity index (χ2n) is 6.61. The molecule has 3 rings (SSSR count). The number of alkyl halides is 1. The van der Waals surface area contributed by atoms with E-state index in [1.807, 2.05) is 29.4 Å². The molecule has 1 aliphatic heterocycles. The normalized spacial score (nSPS) is 14.5. The van der Waals surface area contributed by atoms with Crippen molar-refractivity contribution < 1.29 is 4.79 Å². The Morgan fingerprint density at radius 1 is 1.27 bits per heavy atom. The van der Waals surface area contributed by atoms with Gasteiger partial charge in [0.1, 0.15) is 5.82 Å². The molecule has 0 saturated heterocycles. The first kappa shape index (κ1) is 15.2. The number of nitrogens with zero attached hydrogens (tertiary/aromatic N) is 4. The van der Waals surface area contributed by atoms with Crippen molar-refractivity contribution >= 4 is 17.5 Å². The second kappa shape index (κ2) is 5.47. The first-order chi connectivity index (χ1) is 10.4. The summed E-state index contributed by atoms with van der Waals surface area (Å²) in [5.41, 5.74) is 2.00. The molecule has 6 heteroatoms. The topological polar surface area (TPSA) is 43.1 Å². The van der Waals surface area contributed by atoms with Crippen molar-refractivity contribution in [3.63, 3.8) is 0 Å². The lowest BCUT2D eigenvalue weighted by atomic mass is 10.1. The summed E-state index contributed by atoms with van der Waals surface area (Å²) in [7, 11) is 0. The lowest BCUT2D eigenvalue weighted by molar-refractivity contribution is -0.131. The van der Waals surface area contributed by atoms with Crippen LogP contribution in [0.2, 0.25) is 0 Å². The zero-order chi connectivity index (χ0) is 15.9. The van der Waals surface area contributed by atoms with Crippen molar-refractivity contribution in [3.05, 3.63) is 35.8 Å². The fraction of sp³-hybridized carbons (Fsp3) is 0.500. The molecule has 3 heterocycles. The Labute approximate surface area is 135 Å². The third kappa shape index (κ3) is 2.54. The van der Waals surface area contributed by atoms with Gasteiger partial charge in [-0.3, -0.25) is 4.79 Å². The highest BCUT2D eigenvalue weighted by molar-refractivity contribution is 6.18. The molecule has 0 bridgehead atoms. The molecule has 5 nitrogen and oxygen atoms in total. The Bertz CT molecular complexity index is 682. The molecule has 0 saturated carbocycles. The number of aromatic nitrogens is 3. The van der Waals surface area contributed by atoms with Gasteiger partial charge in [-0.1, -0.05) is 0 Å². The zero-order valence-electron chi connectivity index (χ0n) is 13.2. The predicted molar refractivity (Wildman–Crippen MR) is 86.1 cm³/mol. The Kier molecular flexibility index (Phi) is 3.77. The van der Waals surface area contributed by atoms with Crippen molar-refractivity contribution in [2.45, 2.75) is 45.8 Å². The Morgan fingerprint density at radius 2 is 1.95 bits per heavy atom. The largest absolute Gasteiger partial charge is 0.332 e. The number of fused-ring (bicyclic) bond motifs is 1. The first-order valence-electron chi connectivity index (χ1n) is 7.50. The summed E-state index contributed by atoms with van der Waals surface area (Å²) in [5, 5.41) is 4.78. The van der Waals surface area contributed by atoms with Crippen molar-refractivity contribution in [2.75, 3.05) is 5.88 Å². The lowest BCUT2D eigenvalue weighted by Gasteiger charge is -2.24. The molecule has 0 fully saturated rings. The van der Waals surface area contributed by atoms with E-state index in [0.29, 0.717) is 25.4 Å². The zero-order valence-corrected chi connectivity index (χ0v) is 14.0. The van der Waals surface area contributed by atoms with Gasteiger partial charge in [-0.15, -0.1) is 11.6 Å². The Morgan fingerprint density at radius 3 is 2.55 bits per heavy atom. The van der Waals surface area contributed by atoms with Gasteiger partial charge >= 0.3 is 0 Å². The molecule has 22 heavy (non-hydrogen) atoms. The highest BCUT2D eigenvalue weighted by atomic mass is 35.5. The van der Waals surface area contributed by atoms with Gasteiger partial charge in [-0.05, 0) is 32.9 Å². The van der Waals surface area contributed by atoms with Crippen LogP contribution in [0.25, 0.3) is 5.82 Å². The van der Waals surface area contributed by atoms with Crippen LogP contribution in [0.15, 0.2) is 24.5 Å². The molecule has 0 unspecified atom stereocenters. The predicted octanol–water partition coefficient (Wildman–Crippen LogP) is 2.90. The van der Waals surface area contributed by atoms with E-state index >= 15 is 0 Å². The van der Waals surface area contributed by atoms with Gasteiger partial charge in [0, 0.05) is 30.3 Å². The maximum Gasteiger partial charge on any atom is 0.224 e. The summed E-state index contributed by atoms with van der Waals surface area (Å²) < 4.78 is 4.13. The number of rotatable bonds is 3. The standard InChI is InChI=1S/C16H21ClN4O/c1-16(2,3)21-15(19-8-4-5-9-19)12-10-20(11-13(12)18-21)14(22)6-7-17/h4-5,8-9H,6-7,10-11H2,1-3H3. The molecule has 2 aromatic heterocycles. The SMILES string of the molecule is CC(C)(C)n1nc2c(c1-n1cccc1)CN(C(=O)CCCl)C2. The van der Waals surface area contributed by atoms with Crippen LogP contribution < -0.4 is 0 Å². The number of carbonyl (C=O) groups excluding carboxylic acids is 1. The van der Waals surface area contributed by atoms with E-state index in [9.17, 15) is 4.79 Å². The van der Waals surface area contributed by atoms with E-state index in [0.717, 1.165) is 17.1 Å². The van der Waals surface area contributed by atoms with Crippen LogP contribution in [0, 0.1) is 0 Å². The monoisotopic (exact) mass is 320 g/mol. The molecular weight excluding hydrogens is 300 g/mol. The molecule has 118 valence electrons. The Balaban J connectivity index is 2.01. The summed E-state index contributed by atoms with van der Waals surface area (Å²) in [6.07, 6.45) is 4.41. The number of hydrogen-bond donors (Lipinski definition) is 0. The fourth-order valence-electron chi connectivity index (χ4n) is 2.83. The summed E-state index contributed by atoms with van der Waals surface area (Å²) in [6.45, 7) is 7.59. The molecule has 1 amide bonds. The molecule has 0 N–H and O–H groups in total. The van der Waals surface area contributed by atoms with Crippen LogP contribution >= 0.6 is 11.6 Å². The minimum Gasteiger partial charge on any atom is -0.332 e. The van der Waals surface area contributed by atoms with Gasteiger partial charge in [-0.25, -0.2) is 4.68 Å². The fourth-order valence-corrected chi connectivity index (χ4v) is 2.99. The first-order valence-corrected chi connectivity index (χ1v) is 8.03. The van der Waals surface area contributed by atoms with Gasteiger partial charge < -0.3 is 9.47 Å². The van der Waals surface area contributed by atoms with Gasteiger partial charge in [0.2, 0.25) is 5.91 Å². The maximum atomic E-state index is 12.1. The van der Waals surface area contributed by atoms with Crippen LogP contribution in [0.4, 0.5) is 0 Å².